The van der Waals surface area contributed by atoms with Crippen LogP contribution in [0.4, 0.5) is 0 Å². The Kier molecular flexibility index (Phi) is 6.05. The number of rotatable bonds is 5. The van der Waals surface area contributed by atoms with Crippen LogP contribution in [0, 0.1) is 0 Å². The normalized spacial score (nSPS) is 12.7. The minimum Gasteiger partial charge on any atom is -0.273 e. The van der Waals surface area contributed by atoms with E-state index in [1.165, 1.54) is 0 Å². The van der Waals surface area contributed by atoms with Gasteiger partial charge in [-0.25, -0.2) is 0 Å². The molecule has 4 heteroatoms. The molecule has 18 heavy (non-hydrogen) atoms. The second-order valence-electron chi connectivity index (χ2n) is 4.63. The minimum absolute atomic E-state index is 0.339. The van der Waals surface area contributed by atoms with Gasteiger partial charge in [-0.2, -0.15) is 0 Å². The number of hydrogen-bond donors (Lipinski definition) is 0. The van der Waals surface area contributed by atoms with Gasteiger partial charge >= 0.3 is 0 Å². The van der Waals surface area contributed by atoms with Crippen LogP contribution in [0.1, 0.15) is 33.3 Å². The van der Waals surface area contributed by atoms with Gasteiger partial charge in [0.2, 0.25) is 0 Å². The van der Waals surface area contributed by atoms with Crippen molar-refractivity contribution in [3.05, 3.63) is 40.5 Å². The summed E-state index contributed by atoms with van der Waals surface area (Å²) >= 11 is 3.42. The Morgan fingerprint density at radius 2 is 1.67 bits per heavy atom. The summed E-state index contributed by atoms with van der Waals surface area (Å²) in [7, 11) is 0. The van der Waals surface area contributed by atoms with Gasteiger partial charge in [0, 0.05) is 12.1 Å². The summed E-state index contributed by atoms with van der Waals surface area (Å²) in [5.41, 5.74) is 1.10. The average Bonchev–Trinajstić information content (AvgIpc) is 2.29. The molecule has 0 saturated carbocycles. The lowest BCUT2D eigenvalue weighted by Gasteiger charge is -2.25. The molecule has 0 bridgehead atoms. The Balaban J connectivity index is 2.74. The highest BCUT2D eigenvalue weighted by molar-refractivity contribution is 9.11. The summed E-state index contributed by atoms with van der Waals surface area (Å²) in [6.45, 7) is 8.42. The number of hydrogen-bond acceptors (Lipinski definition) is 2. The number of nitrogens with zero attached hydrogens (tertiary/aromatic N) is 3. The molecule has 0 unspecified atom stereocenters. The number of halogens is 1. The molecule has 1 rings (SSSR count). The molecule has 0 N–H and O–H groups in total. The SMILES string of the molecule is CC(C)N(/N=N/C(Br)=C\c1ccccc1)C(C)C. The van der Waals surface area contributed by atoms with E-state index in [0.717, 1.165) is 10.2 Å². The molecule has 0 fully saturated rings. The molecular weight excluding hydrogens is 290 g/mol. The molecule has 0 heterocycles. The lowest BCUT2D eigenvalue weighted by Crippen LogP contribution is -2.31. The van der Waals surface area contributed by atoms with Crippen molar-refractivity contribution in [3.63, 3.8) is 0 Å². The second-order valence-corrected chi connectivity index (χ2v) is 5.45. The molecule has 0 atom stereocenters. The van der Waals surface area contributed by atoms with Crippen LogP contribution in [0.15, 0.2) is 45.3 Å². The van der Waals surface area contributed by atoms with Crippen molar-refractivity contribution >= 4 is 22.0 Å². The molecule has 0 aliphatic rings. The van der Waals surface area contributed by atoms with Crippen molar-refractivity contribution in [1.29, 1.82) is 0 Å². The Hall–Kier alpha value is -1.16. The third-order valence-corrected chi connectivity index (χ3v) is 2.77. The quantitative estimate of drug-likeness (QED) is 0.433. The van der Waals surface area contributed by atoms with Gasteiger partial charge in [0.25, 0.3) is 0 Å². The molecule has 0 aliphatic carbocycles. The monoisotopic (exact) mass is 309 g/mol. The van der Waals surface area contributed by atoms with Crippen molar-refractivity contribution in [3.8, 4) is 0 Å². The van der Waals surface area contributed by atoms with Crippen LogP contribution in [0.5, 0.6) is 0 Å². The highest BCUT2D eigenvalue weighted by Gasteiger charge is 2.10. The summed E-state index contributed by atoms with van der Waals surface area (Å²) in [6, 6.07) is 10.7. The Morgan fingerprint density at radius 1 is 1.11 bits per heavy atom. The Bertz CT molecular complexity index is 402. The van der Waals surface area contributed by atoms with Gasteiger partial charge in [-0.15, -0.1) is 5.11 Å². The first kappa shape index (κ1) is 14.9. The van der Waals surface area contributed by atoms with Gasteiger partial charge in [0.1, 0.15) is 4.61 Å². The molecular formula is C14H20BrN3. The largest absolute Gasteiger partial charge is 0.273 e. The third-order valence-electron chi connectivity index (χ3n) is 2.39. The van der Waals surface area contributed by atoms with Gasteiger partial charge in [-0.3, -0.25) is 5.01 Å². The van der Waals surface area contributed by atoms with Gasteiger partial charge in [-0.05, 0) is 55.3 Å². The lowest BCUT2D eigenvalue weighted by molar-refractivity contribution is 0.169. The zero-order valence-corrected chi connectivity index (χ0v) is 12.9. The van der Waals surface area contributed by atoms with E-state index >= 15 is 0 Å². The van der Waals surface area contributed by atoms with E-state index in [1.54, 1.807) is 0 Å². The van der Waals surface area contributed by atoms with Crippen LogP contribution < -0.4 is 0 Å². The first-order valence-electron chi connectivity index (χ1n) is 6.13. The van der Waals surface area contributed by atoms with Gasteiger partial charge in [-0.1, -0.05) is 35.6 Å². The molecule has 1 aromatic carbocycles. The van der Waals surface area contributed by atoms with Crippen molar-refractivity contribution in [1.82, 2.24) is 5.01 Å². The summed E-state index contributed by atoms with van der Waals surface area (Å²) in [5.74, 6) is 0. The first-order valence-corrected chi connectivity index (χ1v) is 6.92. The van der Waals surface area contributed by atoms with Crippen molar-refractivity contribution in [2.45, 2.75) is 39.8 Å². The van der Waals surface area contributed by atoms with Crippen LogP contribution in [0.25, 0.3) is 6.08 Å². The van der Waals surface area contributed by atoms with Crippen LogP contribution >= 0.6 is 15.9 Å². The predicted octanol–water partition coefficient (Wildman–Crippen LogP) is 4.87. The zero-order valence-electron chi connectivity index (χ0n) is 11.3. The van der Waals surface area contributed by atoms with E-state index < -0.39 is 0 Å². The molecule has 1 aromatic rings. The minimum atomic E-state index is 0.339. The zero-order chi connectivity index (χ0) is 13.5. The van der Waals surface area contributed by atoms with Crippen molar-refractivity contribution < 1.29 is 0 Å². The predicted molar refractivity (Wildman–Crippen MR) is 80.3 cm³/mol. The molecule has 3 nitrogen and oxygen atoms in total. The van der Waals surface area contributed by atoms with Crippen LogP contribution in [-0.4, -0.2) is 17.1 Å². The fourth-order valence-corrected chi connectivity index (χ4v) is 1.95. The van der Waals surface area contributed by atoms with E-state index in [-0.39, 0.29) is 0 Å². The fourth-order valence-electron chi connectivity index (χ4n) is 1.61. The third kappa shape index (κ3) is 5.00. The van der Waals surface area contributed by atoms with E-state index in [4.69, 9.17) is 0 Å². The maximum Gasteiger partial charge on any atom is 0.131 e. The summed E-state index contributed by atoms with van der Waals surface area (Å²) < 4.78 is 0.722. The van der Waals surface area contributed by atoms with Crippen LogP contribution in [-0.2, 0) is 0 Å². The second kappa shape index (κ2) is 7.31. The van der Waals surface area contributed by atoms with Gasteiger partial charge in [0.15, 0.2) is 0 Å². The van der Waals surface area contributed by atoms with Crippen LogP contribution in [0.2, 0.25) is 0 Å². The molecule has 0 aliphatic heterocycles. The molecule has 0 radical (unpaired) electrons. The van der Waals surface area contributed by atoms with Crippen molar-refractivity contribution in [2.24, 2.45) is 10.3 Å². The fraction of sp³-hybridized carbons (Fsp3) is 0.429. The molecule has 0 amide bonds. The molecule has 98 valence electrons. The Labute approximate surface area is 118 Å². The first-order chi connectivity index (χ1) is 8.50. The standard InChI is InChI=1S/C14H20BrN3/c1-11(2)18(12(3)4)17-16-14(15)10-13-8-6-5-7-9-13/h5-12H,1-4H3/b14-10-,17-16+. The topological polar surface area (TPSA) is 28.0 Å². The average molecular weight is 310 g/mol. The highest BCUT2D eigenvalue weighted by atomic mass is 79.9. The van der Waals surface area contributed by atoms with E-state index in [9.17, 15) is 0 Å². The van der Waals surface area contributed by atoms with Gasteiger partial charge in [0.05, 0.1) is 0 Å². The highest BCUT2D eigenvalue weighted by Crippen LogP contribution is 2.15. The molecule has 0 spiro atoms. The van der Waals surface area contributed by atoms with E-state index in [1.807, 2.05) is 41.4 Å². The lowest BCUT2D eigenvalue weighted by atomic mass is 10.2. The van der Waals surface area contributed by atoms with E-state index in [2.05, 4.69) is 54.0 Å². The summed E-state index contributed by atoms with van der Waals surface area (Å²) in [6.07, 6.45) is 1.95. The number of benzene rings is 1. The summed E-state index contributed by atoms with van der Waals surface area (Å²) in [5, 5.41) is 10.4. The van der Waals surface area contributed by atoms with Gasteiger partial charge < -0.3 is 0 Å². The smallest absolute Gasteiger partial charge is 0.131 e. The van der Waals surface area contributed by atoms with Crippen LogP contribution in [0.3, 0.4) is 0 Å². The molecule has 0 saturated heterocycles. The molecule has 0 aromatic heterocycles. The Morgan fingerprint density at radius 3 is 2.17 bits per heavy atom. The summed E-state index contributed by atoms with van der Waals surface area (Å²) in [4.78, 5) is 0. The maximum atomic E-state index is 4.26. The van der Waals surface area contributed by atoms with E-state index in [0.29, 0.717) is 12.1 Å². The maximum absolute atomic E-state index is 4.26. The van der Waals surface area contributed by atoms with Crippen molar-refractivity contribution in [2.75, 3.05) is 0 Å².